The third-order valence-electron chi connectivity index (χ3n) is 4.46. The first kappa shape index (κ1) is 19.8. The molecule has 0 bridgehead atoms. The van der Waals surface area contributed by atoms with Crippen LogP contribution in [0, 0.1) is 0 Å². The molecule has 0 aliphatic carbocycles. The van der Waals surface area contributed by atoms with Crippen LogP contribution in [0.1, 0.15) is 19.8 Å². The number of carbonyl (C=O) groups is 1. The fourth-order valence-corrected chi connectivity index (χ4v) is 5.38. The van der Waals surface area contributed by atoms with Gasteiger partial charge in [-0.15, -0.1) is 0 Å². The van der Waals surface area contributed by atoms with Gasteiger partial charge in [-0.1, -0.05) is 41.7 Å². The Morgan fingerprint density at radius 2 is 2.00 bits per heavy atom. The number of hydrogen-bond acceptors (Lipinski definition) is 6. The molecule has 2 aromatic rings. The molecule has 9 heteroatoms. The molecule has 0 saturated carbocycles. The SMILES string of the molecule is CC(O)CN(C(=O)Nc1ncc(-c2ccccc2)s1)C1CCS(=O)(=O)CC1. The van der Waals surface area contributed by atoms with E-state index in [0.29, 0.717) is 18.0 Å². The predicted octanol–water partition coefficient (Wildman–Crippen LogP) is 2.60. The van der Waals surface area contributed by atoms with Crippen molar-refractivity contribution in [2.75, 3.05) is 23.4 Å². The molecule has 1 saturated heterocycles. The average molecular weight is 410 g/mol. The largest absolute Gasteiger partial charge is 0.392 e. The molecule has 1 aromatic carbocycles. The highest BCUT2D eigenvalue weighted by Gasteiger charge is 2.31. The van der Waals surface area contributed by atoms with Gasteiger partial charge in [-0.2, -0.15) is 0 Å². The van der Waals surface area contributed by atoms with E-state index >= 15 is 0 Å². The first-order chi connectivity index (χ1) is 12.8. The first-order valence-electron chi connectivity index (χ1n) is 8.81. The molecule has 3 rings (SSSR count). The van der Waals surface area contributed by atoms with E-state index in [0.717, 1.165) is 10.4 Å². The monoisotopic (exact) mass is 409 g/mol. The summed E-state index contributed by atoms with van der Waals surface area (Å²) in [7, 11) is -3.02. The highest BCUT2D eigenvalue weighted by atomic mass is 32.2. The molecule has 7 nitrogen and oxygen atoms in total. The first-order valence-corrected chi connectivity index (χ1v) is 11.5. The van der Waals surface area contributed by atoms with Gasteiger partial charge in [-0.25, -0.2) is 18.2 Å². The zero-order valence-electron chi connectivity index (χ0n) is 15.0. The van der Waals surface area contributed by atoms with Crippen LogP contribution in [-0.4, -0.2) is 59.6 Å². The maximum atomic E-state index is 12.8. The number of aliphatic hydroxyl groups is 1. The molecule has 2 N–H and O–H groups in total. The van der Waals surface area contributed by atoms with Crippen LogP contribution in [0.5, 0.6) is 0 Å². The standard InChI is InChI=1S/C18H23N3O4S2/c1-13(22)12-21(15-7-9-27(24,25)10-8-15)18(23)20-17-19-11-16(26-17)14-5-3-2-4-6-14/h2-6,11,13,15,22H,7-10,12H2,1H3,(H,19,20,23). The van der Waals surface area contributed by atoms with Gasteiger partial charge in [-0.3, -0.25) is 5.32 Å². The van der Waals surface area contributed by atoms with Crippen molar-refractivity contribution in [3.05, 3.63) is 36.5 Å². The average Bonchev–Trinajstić information content (AvgIpc) is 3.09. The molecule has 27 heavy (non-hydrogen) atoms. The van der Waals surface area contributed by atoms with Gasteiger partial charge in [0.05, 0.1) is 22.5 Å². The number of carbonyl (C=O) groups excluding carboxylic acids is 1. The van der Waals surface area contributed by atoms with Crippen LogP contribution < -0.4 is 5.32 Å². The molecule has 2 heterocycles. The smallest absolute Gasteiger partial charge is 0.323 e. The highest BCUT2D eigenvalue weighted by Crippen LogP contribution is 2.29. The Hall–Kier alpha value is -1.97. The number of anilines is 1. The number of amides is 2. The van der Waals surface area contributed by atoms with E-state index in [1.165, 1.54) is 16.2 Å². The van der Waals surface area contributed by atoms with Crippen molar-refractivity contribution in [2.45, 2.75) is 31.9 Å². The molecule has 1 aromatic heterocycles. The van der Waals surface area contributed by atoms with Crippen LogP contribution in [0.2, 0.25) is 0 Å². The van der Waals surface area contributed by atoms with Crippen LogP contribution in [0.25, 0.3) is 10.4 Å². The number of sulfone groups is 1. The minimum Gasteiger partial charge on any atom is -0.392 e. The Morgan fingerprint density at radius 3 is 2.63 bits per heavy atom. The normalized spacial score (nSPS) is 18.0. The van der Waals surface area contributed by atoms with Crippen LogP contribution in [0.3, 0.4) is 0 Å². The highest BCUT2D eigenvalue weighted by molar-refractivity contribution is 7.91. The Bertz CT molecular complexity index is 867. The molecule has 1 atom stereocenters. The summed E-state index contributed by atoms with van der Waals surface area (Å²) in [6.45, 7) is 1.75. The molecule has 1 aliphatic heterocycles. The molecular weight excluding hydrogens is 386 g/mol. The number of urea groups is 1. The lowest BCUT2D eigenvalue weighted by Gasteiger charge is -2.34. The van der Waals surface area contributed by atoms with E-state index in [1.54, 1.807) is 13.1 Å². The van der Waals surface area contributed by atoms with Crippen molar-refractivity contribution in [1.29, 1.82) is 0 Å². The molecule has 2 amide bonds. The number of nitrogens with zero attached hydrogens (tertiary/aromatic N) is 2. The second-order valence-electron chi connectivity index (χ2n) is 6.71. The molecule has 0 radical (unpaired) electrons. The van der Waals surface area contributed by atoms with Crippen LogP contribution in [0.4, 0.5) is 9.93 Å². The van der Waals surface area contributed by atoms with E-state index in [-0.39, 0.29) is 30.1 Å². The summed E-state index contributed by atoms with van der Waals surface area (Å²) in [6.07, 6.45) is 1.78. The van der Waals surface area contributed by atoms with Crippen molar-refractivity contribution >= 4 is 32.3 Å². The summed E-state index contributed by atoms with van der Waals surface area (Å²) in [5.74, 6) is 0.132. The predicted molar refractivity (Wildman–Crippen MR) is 107 cm³/mol. The molecule has 1 aliphatic rings. The third-order valence-corrected chi connectivity index (χ3v) is 7.14. The number of hydrogen-bond donors (Lipinski definition) is 2. The van der Waals surface area contributed by atoms with Crippen molar-refractivity contribution in [1.82, 2.24) is 9.88 Å². The maximum Gasteiger partial charge on any atom is 0.323 e. The minimum absolute atomic E-state index is 0.0661. The number of nitrogens with one attached hydrogen (secondary N) is 1. The second-order valence-corrected chi connectivity index (χ2v) is 10.0. The summed E-state index contributed by atoms with van der Waals surface area (Å²) in [6, 6.07) is 9.18. The van der Waals surface area contributed by atoms with Gasteiger partial charge in [0.1, 0.15) is 9.84 Å². The van der Waals surface area contributed by atoms with Gasteiger partial charge in [-0.05, 0) is 25.3 Å². The fraction of sp³-hybridized carbons (Fsp3) is 0.444. The lowest BCUT2D eigenvalue weighted by Crippen LogP contribution is -2.49. The van der Waals surface area contributed by atoms with Crippen LogP contribution >= 0.6 is 11.3 Å². The lowest BCUT2D eigenvalue weighted by molar-refractivity contribution is 0.114. The Kier molecular flexibility index (Phi) is 6.13. The van der Waals surface area contributed by atoms with E-state index in [9.17, 15) is 18.3 Å². The van der Waals surface area contributed by atoms with Gasteiger partial charge in [0, 0.05) is 18.8 Å². The van der Waals surface area contributed by atoms with E-state index in [1.807, 2.05) is 30.3 Å². The topological polar surface area (TPSA) is 99.6 Å². The van der Waals surface area contributed by atoms with Gasteiger partial charge in [0.15, 0.2) is 5.13 Å². The molecule has 1 unspecified atom stereocenters. The second kappa shape index (κ2) is 8.37. The van der Waals surface area contributed by atoms with E-state index < -0.39 is 15.9 Å². The van der Waals surface area contributed by atoms with E-state index in [4.69, 9.17) is 0 Å². The zero-order chi connectivity index (χ0) is 19.4. The molecule has 1 fully saturated rings. The molecule has 0 spiro atoms. The third kappa shape index (κ3) is 5.27. The zero-order valence-corrected chi connectivity index (χ0v) is 16.7. The van der Waals surface area contributed by atoms with Crippen molar-refractivity contribution in [2.24, 2.45) is 0 Å². The van der Waals surface area contributed by atoms with E-state index in [2.05, 4.69) is 10.3 Å². The molecular formula is C18H23N3O4S2. The molecule has 146 valence electrons. The van der Waals surface area contributed by atoms with Crippen molar-refractivity contribution < 1.29 is 18.3 Å². The van der Waals surface area contributed by atoms with Crippen molar-refractivity contribution in [3.63, 3.8) is 0 Å². The maximum absolute atomic E-state index is 12.8. The van der Waals surface area contributed by atoms with Gasteiger partial charge >= 0.3 is 6.03 Å². The van der Waals surface area contributed by atoms with Crippen LogP contribution in [-0.2, 0) is 9.84 Å². The summed E-state index contributed by atoms with van der Waals surface area (Å²) in [5.41, 5.74) is 1.02. The number of rotatable bonds is 5. The van der Waals surface area contributed by atoms with Crippen LogP contribution in [0.15, 0.2) is 36.5 Å². The summed E-state index contributed by atoms with van der Waals surface area (Å²) < 4.78 is 23.3. The lowest BCUT2D eigenvalue weighted by atomic mass is 10.1. The number of aliphatic hydroxyl groups excluding tert-OH is 1. The van der Waals surface area contributed by atoms with Gasteiger partial charge in [0.2, 0.25) is 0 Å². The fourth-order valence-electron chi connectivity index (χ4n) is 3.10. The number of aromatic nitrogens is 1. The minimum atomic E-state index is -3.02. The van der Waals surface area contributed by atoms with Gasteiger partial charge < -0.3 is 10.0 Å². The summed E-state index contributed by atoms with van der Waals surface area (Å²) in [5, 5.41) is 13.0. The summed E-state index contributed by atoms with van der Waals surface area (Å²) in [4.78, 5) is 19.5. The number of benzene rings is 1. The van der Waals surface area contributed by atoms with Crippen molar-refractivity contribution in [3.8, 4) is 10.4 Å². The Balaban J connectivity index is 1.70. The van der Waals surface area contributed by atoms with Gasteiger partial charge in [0.25, 0.3) is 0 Å². The number of thiazole rings is 1. The Morgan fingerprint density at radius 1 is 1.33 bits per heavy atom. The Labute approximate surface area is 163 Å². The quantitative estimate of drug-likeness (QED) is 0.791. The summed E-state index contributed by atoms with van der Waals surface area (Å²) >= 11 is 1.37.